The van der Waals surface area contributed by atoms with Crippen LogP contribution in [0.25, 0.3) is 0 Å². The van der Waals surface area contributed by atoms with Crippen LogP contribution in [0.5, 0.6) is 0 Å². The van der Waals surface area contributed by atoms with E-state index < -0.39 is 0 Å². The van der Waals surface area contributed by atoms with Gasteiger partial charge in [0.2, 0.25) is 5.91 Å². The molecule has 0 heterocycles. The summed E-state index contributed by atoms with van der Waals surface area (Å²) >= 11 is 1.56. The maximum atomic E-state index is 11.6. The maximum Gasteiger partial charge on any atom is 0.230 e. The van der Waals surface area contributed by atoms with Crippen LogP contribution in [0.3, 0.4) is 0 Å². The van der Waals surface area contributed by atoms with E-state index in [2.05, 4.69) is 43.4 Å². The molecule has 98 valence electrons. The lowest BCUT2D eigenvalue weighted by atomic mass is 9.88. The highest BCUT2D eigenvalue weighted by Crippen LogP contribution is 2.63. The third kappa shape index (κ3) is 2.41. The molecule has 3 heteroatoms. The summed E-state index contributed by atoms with van der Waals surface area (Å²) in [5.74, 6) is 0.686. The molecular weight excluding hydrogens is 242 g/mol. The summed E-state index contributed by atoms with van der Waals surface area (Å²) in [7, 11) is 0. The average Bonchev–Trinajstić information content (AvgIpc) is 2.92. The molecule has 18 heavy (non-hydrogen) atoms. The molecule has 1 N–H and O–H groups in total. The Morgan fingerprint density at radius 2 is 1.94 bits per heavy atom. The van der Waals surface area contributed by atoms with E-state index in [0.717, 1.165) is 13.0 Å². The zero-order chi connectivity index (χ0) is 13.2. The van der Waals surface area contributed by atoms with Crippen molar-refractivity contribution in [2.45, 2.75) is 25.7 Å². The Bertz CT molecular complexity index is 429. The molecule has 1 aliphatic rings. The third-order valence-electron chi connectivity index (χ3n) is 4.10. The van der Waals surface area contributed by atoms with Gasteiger partial charge in [-0.2, -0.15) is 11.8 Å². The molecule has 1 aromatic carbocycles. The van der Waals surface area contributed by atoms with Gasteiger partial charge in [-0.15, -0.1) is 0 Å². The van der Waals surface area contributed by atoms with Gasteiger partial charge < -0.3 is 5.32 Å². The number of hydrogen-bond donors (Lipinski definition) is 1. The molecule has 1 amide bonds. The number of benzene rings is 1. The minimum atomic E-state index is 0.127. The van der Waals surface area contributed by atoms with Gasteiger partial charge in [0.25, 0.3) is 0 Å². The summed E-state index contributed by atoms with van der Waals surface area (Å²) in [4.78, 5) is 11.6. The second kappa shape index (κ2) is 4.96. The highest BCUT2D eigenvalue weighted by atomic mass is 32.2. The predicted octanol–water partition coefficient (Wildman–Crippen LogP) is 2.83. The van der Waals surface area contributed by atoms with Crippen molar-refractivity contribution in [2.24, 2.45) is 5.41 Å². The topological polar surface area (TPSA) is 29.1 Å². The Kier molecular flexibility index (Phi) is 3.71. The molecule has 0 radical (unpaired) electrons. The van der Waals surface area contributed by atoms with Crippen LogP contribution in [0.4, 0.5) is 0 Å². The van der Waals surface area contributed by atoms with Gasteiger partial charge >= 0.3 is 0 Å². The Hall–Kier alpha value is -0.960. The highest BCUT2D eigenvalue weighted by molar-refractivity contribution is 7.99. The lowest BCUT2D eigenvalue weighted by Gasteiger charge is -2.21. The van der Waals surface area contributed by atoms with Crippen LogP contribution in [0, 0.1) is 5.41 Å². The average molecular weight is 263 g/mol. The van der Waals surface area contributed by atoms with Gasteiger partial charge in [-0.1, -0.05) is 44.2 Å². The van der Waals surface area contributed by atoms with E-state index in [4.69, 9.17) is 0 Å². The summed E-state index contributed by atoms with van der Waals surface area (Å²) < 4.78 is 0. The fraction of sp³-hybridized carbons (Fsp3) is 0.533. The third-order valence-corrected chi connectivity index (χ3v) is 4.65. The molecule has 0 aliphatic heterocycles. The number of nitrogens with one attached hydrogen (secondary N) is 1. The number of thioether (sulfide) groups is 1. The van der Waals surface area contributed by atoms with Crippen LogP contribution in [0.1, 0.15) is 25.8 Å². The van der Waals surface area contributed by atoms with Crippen molar-refractivity contribution >= 4 is 17.7 Å². The van der Waals surface area contributed by atoms with Crippen LogP contribution in [-0.2, 0) is 10.2 Å². The summed E-state index contributed by atoms with van der Waals surface area (Å²) in [6.07, 6.45) is 3.09. The van der Waals surface area contributed by atoms with Crippen molar-refractivity contribution in [3.63, 3.8) is 0 Å². The first-order valence-corrected chi connectivity index (χ1v) is 7.72. The molecule has 0 bridgehead atoms. The Labute approximate surface area is 114 Å². The van der Waals surface area contributed by atoms with Crippen LogP contribution in [0.2, 0.25) is 0 Å². The Morgan fingerprint density at radius 3 is 2.44 bits per heavy atom. The molecular formula is C15H21NOS. The van der Waals surface area contributed by atoms with E-state index in [1.54, 1.807) is 11.8 Å². The quantitative estimate of drug-likeness (QED) is 0.885. The van der Waals surface area contributed by atoms with E-state index in [0.29, 0.717) is 5.75 Å². The number of hydrogen-bond acceptors (Lipinski definition) is 2. The van der Waals surface area contributed by atoms with Gasteiger partial charge in [0.05, 0.1) is 5.75 Å². The molecule has 1 aromatic rings. The lowest BCUT2D eigenvalue weighted by molar-refractivity contribution is -0.118. The van der Waals surface area contributed by atoms with Gasteiger partial charge in [0.15, 0.2) is 0 Å². The summed E-state index contributed by atoms with van der Waals surface area (Å²) in [5, 5.41) is 3.08. The van der Waals surface area contributed by atoms with E-state index in [-0.39, 0.29) is 16.7 Å². The zero-order valence-electron chi connectivity index (χ0n) is 11.3. The van der Waals surface area contributed by atoms with Crippen molar-refractivity contribution in [1.29, 1.82) is 0 Å². The Morgan fingerprint density at radius 1 is 1.33 bits per heavy atom. The monoisotopic (exact) mass is 263 g/mol. The normalized spacial score (nSPS) is 24.6. The fourth-order valence-corrected chi connectivity index (χ4v) is 3.16. The first-order chi connectivity index (χ1) is 8.52. The molecule has 0 unspecified atom stereocenters. The van der Waals surface area contributed by atoms with Gasteiger partial charge in [0, 0.05) is 12.0 Å². The minimum Gasteiger partial charge on any atom is -0.354 e. The largest absolute Gasteiger partial charge is 0.354 e. The molecule has 1 fully saturated rings. The fourth-order valence-electron chi connectivity index (χ4n) is 2.80. The number of carbonyl (C=O) groups excluding carboxylic acids is 1. The first kappa shape index (κ1) is 13.5. The van der Waals surface area contributed by atoms with E-state index >= 15 is 0 Å². The molecule has 0 spiro atoms. The van der Waals surface area contributed by atoms with Crippen molar-refractivity contribution < 1.29 is 4.79 Å². The van der Waals surface area contributed by atoms with Gasteiger partial charge in [-0.3, -0.25) is 4.79 Å². The highest BCUT2D eigenvalue weighted by Gasteiger charge is 2.61. The second-order valence-electron chi connectivity index (χ2n) is 5.72. The summed E-state index contributed by atoms with van der Waals surface area (Å²) in [6.45, 7) is 5.31. The van der Waals surface area contributed by atoms with E-state index in [1.807, 2.05) is 12.3 Å². The molecule has 0 saturated heterocycles. The Balaban J connectivity index is 2.09. The maximum absolute atomic E-state index is 11.6. The smallest absolute Gasteiger partial charge is 0.230 e. The predicted molar refractivity (Wildman–Crippen MR) is 77.9 cm³/mol. The number of amides is 1. The lowest BCUT2D eigenvalue weighted by Crippen LogP contribution is -2.35. The standard InChI is InChI=1S/C15H21NOS/c1-14(2)10-15(14,11-16-13(17)9-18-3)12-7-5-4-6-8-12/h4-8H,9-11H2,1-3H3,(H,16,17)/t15-/m0/s1. The van der Waals surface area contributed by atoms with E-state index in [1.165, 1.54) is 5.56 Å². The van der Waals surface area contributed by atoms with Crippen molar-refractivity contribution in [3.05, 3.63) is 35.9 Å². The molecule has 1 atom stereocenters. The second-order valence-corrected chi connectivity index (χ2v) is 6.58. The van der Waals surface area contributed by atoms with Crippen molar-refractivity contribution in [2.75, 3.05) is 18.6 Å². The van der Waals surface area contributed by atoms with Crippen LogP contribution in [0.15, 0.2) is 30.3 Å². The summed E-state index contributed by atoms with van der Waals surface area (Å²) in [5.41, 5.74) is 1.75. The SMILES string of the molecule is CSCC(=O)NC[C@]1(c2ccccc2)CC1(C)C. The molecule has 1 saturated carbocycles. The molecule has 2 nitrogen and oxygen atoms in total. The number of rotatable bonds is 5. The van der Waals surface area contributed by atoms with Crippen molar-refractivity contribution in [1.82, 2.24) is 5.32 Å². The minimum absolute atomic E-state index is 0.127. The molecule has 1 aliphatic carbocycles. The van der Waals surface area contributed by atoms with Gasteiger partial charge in [-0.05, 0) is 23.7 Å². The van der Waals surface area contributed by atoms with Crippen LogP contribution in [-0.4, -0.2) is 24.5 Å². The van der Waals surface area contributed by atoms with E-state index in [9.17, 15) is 4.79 Å². The summed E-state index contributed by atoms with van der Waals surface area (Å²) in [6, 6.07) is 10.5. The zero-order valence-corrected chi connectivity index (χ0v) is 12.1. The van der Waals surface area contributed by atoms with Crippen LogP contribution >= 0.6 is 11.8 Å². The first-order valence-electron chi connectivity index (χ1n) is 6.33. The number of carbonyl (C=O) groups is 1. The van der Waals surface area contributed by atoms with Crippen molar-refractivity contribution in [3.8, 4) is 0 Å². The van der Waals surface area contributed by atoms with Crippen LogP contribution < -0.4 is 5.32 Å². The molecule has 2 rings (SSSR count). The molecule has 0 aromatic heterocycles. The van der Waals surface area contributed by atoms with Gasteiger partial charge in [-0.25, -0.2) is 0 Å². The van der Waals surface area contributed by atoms with Gasteiger partial charge in [0.1, 0.15) is 0 Å².